The van der Waals surface area contributed by atoms with Crippen molar-refractivity contribution in [3.63, 3.8) is 0 Å². The molecule has 1 heterocycles. The number of hydrogen-bond acceptors (Lipinski definition) is 7. The van der Waals surface area contributed by atoms with Gasteiger partial charge in [0.1, 0.15) is 5.75 Å². The number of methoxy groups -OCH3 is 1. The number of ether oxygens (including phenoxy) is 1. The summed E-state index contributed by atoms with van der Waals surface area (Å²) in [6.45, 7) is 11.1. The number of fused-ring (bicyclic) bond motifs is 1. The van der Waals surface area contributed by atoms with E-state index in [1.807, 2.05) is 13.8 Å². The van der Waals surface area contributed by atoms with E-state index in [0.717, 1.165) is 34.4 Å². The van der Waals surface area contributed by atoms with E-state index in [4.69, 9.17) is 9.72 Å². The van der Waals surface area contributed by atoms with Crippen molar-refractivity contribution in [1.82, 2.24) is 9.88 Å². The van der Waals surface area contributed by atoms with E-state index >= 15 is 0 Å². The molecule has 9 heteroatoms. The predicted molar refractivity (Wildman–Crippen MR) is 139 cm³/mol. The lowest BCUT2D eigenvalue weighted by atomic mass is 10.1. The van der Waals surface area contributed by atoms with Crippen molar-refractivity contribution < 1.29 is 17.9 Å². The predicted octanol–water partition coefficient (Wildman–Crippen LogP) is 4.46. The van der Waals surface area contributed by atoms with Crippen LogP contribution in [0, 0.1) is 13.8 Å². The Morgan fingerprint density at radius 3 is 2.35 bits per heavy atom. The molecule has 0 aliphatic carbocycles. The summed E-state index contributed by atoms with van der Waals surface area (Å²) < 4.78 is 31.8. The summed E-state index contributed by atoms with van der Waals surface area (Å²) in [5.74, 6) is 0.0832. The Morgan fingerprint density at radius 2 is 1.74 bits per heavy atom. The van der Waals surface area contributed by atoms with Gasteiger partial charge in [-0.05, 0) is 68.4 Å². The number of thiazole rings is 1. The molecular weight excluding hydrogens is 470 g/mol. The number of likely N-dealkylation sites (N-methyl/N-ethyl adjacent to an activating group) is 1. The van der Waals surface area contributed by atoms with E-state index in [0.29, 0.717) is 24.0 Å². The van der Waals surface area contributed by atoms with Gasteiger partial charge in [0.25, 0.3) is 0 Å². The first-order valence-corrected chi connectivity index (χ1v) is 13.9. The molecule has 3 rings (SSSR count). The molecule has 0 unspecified atom stereocenters. The zero-order valence-electron chi connectivity index (χ0n) is 20.5. The van der Waals surface area contributed by atoms with Crippen LogP contribution < -0.4 is 9.64 Å². The number of nitrogens with zero attached hydrogens (tertiary/aromatic N) is 3. The Balaban J connectivity index is 1.83. The quantitative estimate of drug-likeness (QED) is 0.384. The number of aromatic nitrogens is 1. The van der Waals surface area contributed by atoms with Gasteiger partial charge in [-0.3, -0.25) is 9.69 Å². The molecule has 0 atom stereocenters. The maximum Gasteiger partial charge on any atom is 0.229 e. The van der Waals surface area contributed by atoms with Gasteiger partial charge in [-0.2, -0.15) is 0 Å². The number of sulfone groups is 1. The van der Waals surface area contributed by atoms with Crippen LogP contribution in [-0.2, 0) is 14.6 Å². The van der Waals surface area contributed by atoms with Crippen LogP contribution >= 0.6 is 11.3 Å². The van der Waals surface area contributed by atoms with Gasteiger partial charge >= 0.3 is 0 Å². The number of carbonyl (C=O) groups is 1. The van der Waals surface area contributed by atoms with Crippen LogP contribution in [0.2, 0.25) is 0 Å². The highest BCUT2D eigenvalue weighted by Crippen LogP contribution is 2.32. The number of carbonyl (C=O) groups excluding carboxylic acids is 1. The Bertz CT molecular complexity index is 1230. The smallest absolute Gasteiger partial charge is 0.229 e. The third kappa shape index (κ3) is 6.14. The third-order valence-electron chi connectivity index (χ3n) is 5.89. The molecule has 1 amide bonds. The normalized spacial score (nSPS) is 11.8. The second-order valence-electron chi connectivity index (χ2n) is 8.24. The molecule has 34 heavy (non-hydrogen) atoms. The van der Waals surface area contributed by atoms with E-state index < -0.39 is 9.84 Å². The molecular formula is C25H33N3O4S2. The first-order valence-electron chi connectivity index (χ1n) is 11.5. The lowest BCUT2D eigenvalue weighted by molar-refractivity contribution is -0.118. The Hall–Kier alpha value is -2.49. The standard InChI is InChI=1S/C25H33N3O4S2/c1-6-27(7-2)13-14-28(25-26-24-19(4)16-18(3)17-22(24)33-25)23(29)12-15-34(30,31)21-10-8-20(32-5)9-11-21/h8-11,16-17H,6-7,12-15H2,1-5H3. The van der Waals surface area contributed by atoms with Crippen LogP contribution in [0.4, 0.5) is 5.13 Å². The summed E-state index contributed by atoms with van der Waals surface area (Å²) in [5, 5.41) is 0.614. The highest BCUT2D eigenvalue weighted by atomic mass is 32.2. The fraction of sp³-hybridized carbons (Fsp3) is 0.440. The monoisotopic (exact) mass is 503 g/mol. The molecule has 0 aliphatic rings. The molecule has 0 N–H and O–H groups in total. The fourth-order valence-electron chi connectivity index (χ4n) is 3.84. The highest BCUT2D eigenvalue weighted by molar-refractivity contribution is 7.91. The molecule has 0 bridgehead atoms. The molecule has 0 radical (unpaired) electrons. The van der Waals surface area contributed by atoms with E-state index in [-0.39, 0.29) is 23.0 Å². The van der Waals surface area contributed by atoms with Crippen LogP contribution in [0.3, 0.4) is 0 Å². The second-order valence-corrected chi connectivity index (χ2v) is 11.4. The molecule has 1 aromatic heterocycles. The Labute approximate surface area is 206 Å². The minimum absolute atomic E-state index is 0.111. The highest BCUT2D eigenvalue weighted by Gasteiger charge is 2.24. The number of benzene rings is 2. The fourth-order valence-corrected chi connectivity index (χ4v) is 6.26. The topological polar surface area (TPSA) is 79.8 Å². The largest absolute Gasteiger partial charge is 0.497 e. The van der Waals surface area contributed by atoms with E-state index in [1.54, 1.807) is 17.0 Å². The molecule has 184 valence electrons. The van der Waals surface area contributed by atoms with Crippen LogP contribution in [0.25, 0.3) is 10.2 Å². The van der Waals surface area contributed by atoms with Crippen molar-refractivity contribution >= 4 is 42.4 Å². The number of amides is 1. The summed E-state index contributed by atoms with van der Waals surface area (Å²) in [4.78, 5) is 22.2. The SMILES string of the molecule is CCN(CC)CCN(C(=O)CCS(=O)(=O)c1ccc(OC)cc1)c1nc2c(C)cc(C)cc2s1. The molecule has 0 saturated heterocycles. The number of rotatable bonds is 11. The van der Waals surface area contributed by atoms with E-state index in [9.17, 15) is 13.2 Å². The molecule has 2 aromatic carbocycles. The minimum Gasteiger partial charge on any atom is -0.497 e. The average Bonchev–Trinajstić information content (AvgIpc) is 3.24. The summed E-state index contributed by atoms with van der Waals surface area (Å²) in [6.07, 6.45) is -0.111. The van der Waals surface area contributed by atoms with Crippen molar-refractivity contribution in [1.29, 1.82) is 0 Å². The molecule has 3 aromatic rings. The first-order chi connectivity index (χ1) is 16.2. The average molecular weight is 504 g/mol. The van der Waals surface area contributed by atoms with E-state index in [2.05, 4.69) is 30.9 Å². The molecule has 0 spiro atoms. The van der Waals surface area contributed by atoms with Crippen LogP contribution in [0.5, 0.6) is 5.75 Å². The van der Waals surface area contributed by atoms with Gasteiger partial charge in [0, 0.05) is 19.5 Å². The Morgan fingerprint density at radius 1 is 1.06 bits per heavy atom. The maximum atomic E-state index is 13.3. The summed E-state index contributed by atoms with van der Waals surface area (Å²) in [6, 6.07) is 10.4. The summed E-state index contributed by atoms with van der Waals surface area (Å²) in [7, 11) is -2.08. The molecule has 0 fully saturated rings. The van der Waals surface area contributed by atoms with Gasteiger partial charge in [0.15, 0.2) is 15.0 Å². The molecule has 0 aliphatic heterocycles. The zero-order chi connectivity index (χ0) is 24.9. The first kappa shape index (κ1) is 26.1. The van der Waals surface area contributed by atoms with Gasteiger partial charge in [-0.15, -0.1) is 0 Å². The van der Waals surface area contributed by atoms with Gasteiger partial charge < -0.3 is 9.64 Å². The van der Waals surface area contributed by atoms with Crippen molar-refractivity contribution in [2.75, 3.05) is 43.9 Å². The van der Waals surface area contributed by atoms with Gasteiger partial charge in [0.2, 0.25) is 5.91 Å². The van der Waals surface area contributed by atoms with Crippen molar-refractivity contribution in [3.05, 3.63) is 47.5 Å². The number of hydrogen-bond donors (Lipinski definition) is 0. The summed E-state index contributed by atoms with van der Waals surface area (Å²) in [5.41, 5.74) is 3.10. The van der Waals surface area contributed by atoms with Crippen LogP contribution in [0.1, 0.15) is 31.4 Å². The summed E-state index contributed by atoms with van der Waals surface area (Å²) >= 11 is 1.47. The lowest BCUT2D eigenvalue weighted by Crippen LogP contribution is -2.39. The minimum atomic E-state index is -3.60. The zero-order valence-corrected chi connectivity index (χ0v) is 22.1. The van der Waals surface area contributed by atoms with Crippen molar-refractivity contribution in [2.45, 2.75) is 39.0 Å². The second kappa shape index (κ2) is 11.3. The third-order valence-corrected chi connectivity index (χ3v) is 8.65. The van der Waals surface area contributed by atoms with Gasteiger partial charge in [-0.1, -0.05) is 31.3 Å². The Kier molecular flexibility index (Phi) is 8.67. The van der Waals surface area contributed by atoms with E-state index in [1.165, 1.54) is 30.6 Å². The van der Waals surface area contributed by atoms with Crippen molar-refractivity contribution in [3.8, 4) is 5.75 Å². The van der Waals surface area contributed by atoms with Gasteiger partial charge in [0.05, 0.1) is 28.0 Å². The maximum absolute atomic E-state index is 13.3. The van der Waals surface area contributed by atoms with Crippen LogP contribution in [0.15, 0.2) is 41.3 Å². The number of anilines is 1. The van der Waals surface area contributed by atoms with Gasteiger partial charge in [-0.25, -0.2) is 13.4 Å². The molecule has 7 nitrogen and oxygen atoms in total. The van der Waals surface area contributed by atoms with Crippen LogP contribution in [-0.4, -0.2) is 63.3 Å². The molecule has 0 saturated carbocycles. The lowest BCUT2D eigenvalue weighted by Gasteiger charge is -2.24. The number of aryl methyl sites for hydroxylation is 2. The van der Waals surface area contributed by atoms with Crippen molar-refractivity contribution in [2.24, 2.45) is 0 Å².